The van der Waals surface area contributed by atoms with Crippen LogP contribution in [0.3, 0.4) is 0 Å². The fourth-order valence-electron chi connectivity index (χ4n) is 2.50. The molecule has 2 aromatic rings. The fraction of sp³-hybridized carbons (Fsp3) is 0.333. The number of hydrogen-bond acceptors (Lipinski definition) is 4. The molecular formula is C15H16FN3OS. The van der Waals surface area contributed by atoms with Crippen molar-refractivity contribution in [2.75, 3.05) is 18.4 Å². The number of nitrogens with one attached hydrogen (secondary N) is 1. The predicted molar refractivity (Wildman–Crippen MR) is 81.1 cm³/mol. The van der Waals surface area contributed by atoms with E-state index in [2.05, 4.69) is 10.3 Å². The summed E-state index contributed by atoms with van der Waals surface area (Å²) in [5.74, 6) is -0.270. The first-order valence-electron chi connectivity index (χ1n) is 6.94. The van der Waals surface area contributed by atoms with Crippen LogP contribution in [0.4, 0.5) is 9.52 Å². The predicted octanol–water partition coefficient (Wildman–Crippen LogP) is 2.91. The maximum Gasteiger partial charge on any atom is 0.273 e. The van der Waals surface area contributed by atoms with E-state index in [0.29, 0.717) is 25.2 Å². The number of carbonyl (C=O) groups excluding carboxylic acids is 1. The lowest BCUT2D eigenvalue weighted by Crippen LogP contribution is -2.36. The number of amides is 1. The summed E-state index contributed by atoms with van der Waals surface area (Å²) in [5, 5.41) is 5.62. The highest BCUT2D eigenvalue weighted by molar-refractivity contribution is 7.13. The molecule has 0 atom stereocenters. The van der Waals surface area contributed by atoms with Crippen molar-refractivity contribution in [1.82, 2.24) is 9.88 Å². The maximum atomic E-state index is 13.7. The Morgan fingerprint density at radius 2 is 2.38 bits per heavy atom. The van der Waals surface area contributed by atoms with Crippen LogP contribution in [0.25, 0.3) is 0 Å². The van der Waals surface area contributed by atoms with Gasteiger partial charge in [0.25, 0.3) is 5.91 Å². The number of benzene rings is 1. The van der Waals surface area contributed by atoms with Crippen molar-refractivity contribution in [3.05, 3.63) is 46.2 Å². The lowest BCUT2D eigenvalue weighted by atomic mass is 9.99. The van der Waals surface area contributed by atoms with Crippen LogP contribution in [0, 0.1) is 5.82 Å². The molecule has 0 spiro atoms. The molecule has 0 radical (unpaired) electrons. The van der Waals surface area contributed by atoms with Crippen molar-refractivity contribution < 1.29 is 9.18 Å². The lowest BCUT2D eigenvalue weighted by molar-refractivity contribution is 0.0728. The molecule has 1 aromatic heterocycles. The first-order chi connectivity index (χ1) is 10.2. The molecule has 0 aliphatic carbocycles. The van der Waals surface area contributed by atoms with Crippen LogP contribution in [-0.4, -0.2) is 28.9 Å². The fourth-order valence-corrected chi connectivity index (χ4v) is 3.26. The Kier molecular flexibility index (Phi) is 3.88. The second-order valence-electron chi connectivity index (χ2n) is 4.92. The molecule has 1 aliphatic heterocycles. The number of hydrogen-bond donors (Lipinski definition) is 1. The molecule has 0 saturated carbocycles. The average molecular weight is 305 g/mol. The number of nitrogens with zero attached hydrogens (tertiary/aromatic N) is 2. The third kappa shape index (κ3) is 2.76. The van der Waals surface area contributed by atoms with Gasteiger partial charge in [0, 0.05) is 25.0 Å². The topological polar surface area (TPSA) is 45.2 Å². The van der Waals surface area contributed by atoms with E-state index < -0.39 is 0 Å². The number of rotatable bonds is 3. The summed E-state index contributed by atoms with van der Waals surface area (Å²) in [5.41, 5.74) is 2.07. The Morgan fingerprint density at radius 3 is 3.19 bits per heavy atom. The third-order valence-corrected chi connectivity index (χ3v) is 4.35. The van der Waals surface area contributed by atoms with Crippen LogP contribution in [-0.2, 0) is 13.0 Å². The van der Waals surface area contributed by atoms with Crippen LogP contribution < -0.4 is 5.32 Å². The molecule has 1 amide bonds. The summed E-state index contributed by atoms with van der Waals surface area (Å²) in [4.78, 5) is 18.5. The number of halogens is 1. The van der Waals surface area contributed by atoms with Crippen molar-refractivity contribution in [3.63, 3.8) is 0 Å². The summed E-state index contributed by atoms with van der Waals surface area (Å²) < 4.78 is 13.7. The van der Waals surface area contributed by atoms with Crippen LogP contribution in [0.5, 0.6) is 0 Å². The summed E-state index contributed by atoms with van der Waals surface area (Å²) >= 11 is 1.42. The Bertz CT molecular complexity index is 671. The summed E-state index contributed by atoms with van der Waals surface area (Å²) in [6.07, 6.45) is 0.554. The van der Waals surface area contributed by atoms with Gasteiger partial charge in [-0.25, -0.2) is 9.37 Å². The van der Waals surface area contributed by atoms with E-state index in [0.717, 1.165) is 22.8 Å². The molecule has 2 heterocycles. The van der Waals surface area contributed by atoms with Crippen molar-refractivity contribution in [1.29, 1.82) is 0 Å². The van der Waals surface area contributed by atoms with Crippen LogP contribution in [0.1, 0.15) is 28.5 Å². The zero-order valence-electron chi connectivity index (χ0n) is 11.7. The molecule has 1 aliphatic rings. The minimum atomic E-state index is -0.178. The molecule has 6 heteroatoms. The molecular weight excluding hydrogens is 289 g/mol. The van der Waals surface area contributed by atoms with Crippen molar-refractivity contribution in [3.8, 4) is 0 Å². The molecule has 21 heavy (non-hydrogen) atoms. The molecule has 0 saturated heterocycles. The van der Waals surface area contributed by atoms with E-state index in [4.69, 9.17) is 0 Å². The van der Waals surface area contributed by atoms with Gasteiger partial charge in [0.15, 0.2) is 5.13 Å². The SMILES string of the molecule is CCNc1nc(C(=O)N2CCc3c(F)cccc3C2)cs1. The van der Waals surface area contributed by atoms with Gasteiger partial charge in [-0.05, 0) is 30.5 Å². The number of anilines is 1. The second kappa shape index (κ2) is 5.81. The smallest absolute Gasteiger partial charge is 0.273 e. The minimum Gasteiger partial charge on any atom is -0.362 e. The Hall–Kier alpha value is -1.95. The molecule has 4 nitrogen and oxygen atoms in total. The van der Waals surface area contributed by atoms with Crippen LogP contribution in [0.15, 0.2) is 23.6 Å². The normalized spacial score (nSPS) is 13.9. The van der Waals surface area contributed by atoms with Gasteiger partial charge in [0.05, 0.1) is 0 Å². The number of carbonyl (C=O) groups is 1. The molecule has 1 N–H and O–H groups in total. The van der Waals surface area contributed by atoms with E-state index in [1.807, 2.05) is 13.0 Å². The van der Waals surface area contributed by atoms with Gasteiger partial charge in [0.1, 0.15) is 11.5 Å². The quantitative estimate of drug-likeness (QED) is 0.948. The first-order valence-corrected chi connectivity index (χ1v) is 7.82. The largest absolute Gasteiger partial charge is 0.362 e. The molecule has 110 valence electrons. The van der Waals surface area contributed by atoms with Gasteiger partial charge in [0.2, 0.25) is 0 Å². The molecule has 0 fully saturated rings. The number of aromatic nitrogens is 1. The Labute approximate surface area is 126 Å². The highest BCUT2D eigenvalue weighted by Gasteiger charge is 2.24. The molecule has 0 unspecified atom stereocenters. The Morgan fingerprint density at radius 1 is 1.52 bits per heavy atom. The van der Waals surface area contributed by atoms with Gasteiger partial charge in [-0.15, -0.1) is 11.3 Å². The van der Waals surface area contributed by atoms with Crippen LogP contribution in [0.2, 0.25) is 0 Å². The highest BCUT2D eigenvalue weighted by Crippen LogP contribution is 2.24. The van der Waals surface area contributed by atoms with Gasteiger partial charge >= 0.3 is 0 Å². The van der Waals surface area contributed by atoms with Gasteiger partial charge < -0.3 is 10.2 Å². The number of fused-ring (bicyclic) bond motifs is 1. The van der Waals surface area contributed by atoms with E-state index in [1.54, 1.807) is 16.3 Å². The standard InChI is InChI=1S/C15H16FN3OS/c1-2-17-15-18-13(9-21-15)14(20)19-7-6-11-10(8-19)4-3-5-12(11)16/h3-5,9H,2,6-8H2,1H3,(H,17,18). The Balaban J connectivity index is 1.77. The first kappa shape index (κ1) is 14.0. The van der Waals surface area contributed by atoms with Crippen molar-refractivity contribution >= 4 is 22.4 Å². The average Bonchev–Trinajstić information content (AvgIpc) is 2.95. The molecule has 3 rings (SSSR count). The summed E-state index contributed by atoms with van der Waals surface area (Å²) in [7, 11) is 0. The minimum absolute atomic E-state index is 0.0923. The maximum absolute atomic E-state index is 13.7. The zero-order chi connectivity index (χ0) is 14.8. The lowest BCUT2D eigenvalue weighted by Gasteiger charge is -2.28. The van der Waals surface area contributed by atoms with E-state index >= 15 is 0 Å². The van der Waals surface area contributed by atoms with Crippen molar-refractivity contribution in [2.24, 2.45) is 0 Å². The van der Waals surface area contributed by atoms with E-state index in [1.165, 1.54) is 17.4 Å². The van der Waals surface area contributed by atoms with Crippen molar-refractivity contribution in [2.45, 2.75) is 19.9 Å². The van der Waals surface area contributed by atoms with Gasteiger partial charge in [-0.1, -0.05) is 12.1 Å². The van der Waals surface area contributed by atoms with Crippen LogP contribution >= 0.6 is 11.3 Å². The summed E-state index contributed by atoms with van der Waals surface area (Å²) in [6.45, 7) is 3.73. The zero-order valence-corrected chi connectivity index (χ0v) is 12.5. The second-order valence-corrected chi connectivity index (χ2v) is 5.78. The molecule has 1 aromatic carbocycles. The van der Waals surface area contributed by atoms with E-state index in [-0.39, 0.29) is 11.7 Å². The third-order valence-electron chi connectivity index (χ3n) is 3.55. The molecule has 0 bridgehead atoms. The summed E-state index contributed by atoms with van der Waals surface area (Å²) in [6, 6.07) is 5.04. The van der Waals surface area contributed by atoms with Gasteiger partial charge in [-0.3, -0.25) is 4.79 Å². The van der Waals surface area contributed by atoms with Gasteiger partial charge in [-0.2, -0.15) is 0 Å². The highest BCUT2D eigenvalue weighted by atomic mass is 32.1. The monoisotopic (exact) mass is 305 g/mol. The number of thiazole rings is 1. The van der Waals surface area contributed by atoms with E-state index in [9.17, 15) is 9.18 Å².